The van der Waals surface area contributed by atoms with Gasteiger partial charge in [0.2, 0.25) is 0 Å². The predicted molar refractivity (Wildman–Crippen MR) is 43.2 cm³/mol. The van der Waals surface area contributed by atoms with E-state index in [1.165, 1.54) is 5.56 Å². The van der Waals surface area contributed by atoms with Crippen molar-refractivity contribution in [3.05, 3.63) is 29.8 Å². The highest BCUT2D eigenvalue weighted by Crippen LogP contribution is 2.09. The Morgan fingerprint density at radius 1 is 1.40 bits per heavy atom. The van der Waals surface area contributed by atoms with Gasteiger partial charge in [0.05, 0.1) is 5.69 Å². The second-order valence-corrected chi connectivity index (χ2v) is 2.45. The molecule has 1 radical (unpaired) electrons. The van der Waals surface area contributed by atoms with Crippen molar-refractivity contribution in [3.63, 3.8) is 0 Å². The molecule has 0 atom stereocenters. The fourth-order valence-corrected chi connectivity index (χ4v) is 1.02. The normalized spacial score (nSPS) is 9.70. The highest BCUT2D eigenvalue weighted by atomic mass is 14.5. The summed E-state index contributed by atoms with van der Waals surface area (Å²) in [6.07, 6.45) is 2.25. The van der Waals surface area contributed by atoms with E-state index < -0.39 is 0 Å². The van der Waals surface area contributed by atoms with Crippen molar-refractivity contribution in [2.75, 3.05) is 0 Å². The minimum atomic E-state index is 0.617. The van der Waals surface area contributed by atoms with E-state index in [-0.39, 0.29) is 0 Å². The van der Waals surface area contributed by atoms with Crippen LogP contribution in [0.3, 0.4) is 0 Å². The van der Waals surface area contributed by atoms with E-state index in [2.05, 4.69) is 13.0 Å². The Balaban J connectivity index is 2.75. The monoisotopic (exact) mass is 134 g/mol. The summed E-state index contributed by atoms with van der Waals surface area (Å²) in [5.74, 6) is 0. The van der Waals surface area contributed by atoms with Crippen LogP contribution in [0.2, 0.25) is 0 Å². The van der Waals surface area contributed by atoms with Gasteiger partial charge in [-0.05, 0) is 24.1 Å². The van der Waals surface area contributed by atoms with Crippen LogP contribution in [-0.2, 0) is 6.42 Å². The van der Waals surface area contributed by atoms with Gasteiger partial charge < -0.3 is 5.73 Å². The molecule has 53 valence electrons. The van der Waals surface area contributed by atoms with Crippen molar-refractivity contribution < 1.29 is 0 Å². The molecule has 10 heavy (non-hydrogen) atoms. The van der Waals surface area contributed by atoms with Crippen molar-refractivity contribution in [1.82, 2.24) is 5.73 Å². The van der Waals surface area contributed by atoms with Crippen molar-refractivity contribution in [2.45, 2.75) is 19.8 Å². The molecule has 1 N–H and O–H groups in total. The van der Waals surface area contributed by atoms with Crippen LogP contribution >= 0.6 is 0 Å². The van der Waals surface area contributed by atoms with Gasteiger partial charge in [-0.1, -0.05) is 25.5 Å². The van der Waals surface area contributed by atoms with Gasteiger partial charge >= 0.3 is 0 Å². The standard InChI is InChI=1S/C9H12N/c1-2-4-8-5-3-6-9(10)7-8/h3,5-7,10H,2,4H2,1H3. The van der Waals surface area contributed by atoms with E-state index in [0.29, 0.717) is 5.69 Å². The van der Waals surface area contributed by atoms with Gasteiger partial charge in [-0.2, -0.15) is 0 Å². The summed E-state index contributed by atoms with van der Waals surface area (Å²) in [6.45, 7) is 2.15. The van der Waals surface area contributed by atoms with Crippen LogP contribution in [0.15, 0.2) is 24.3 Å². The lowest BCUT2D eigenvalue weighted by Crippen LogP contribution is -1.81. The molecule has 0 amide bonds. The van der Waals surface area contributed by atoms with Crippen LogP contribution < -0.4 is 5.73 Å². The maximum absolute atomic E-state index is 7.31. The first-order valence-electron chi connectivity index (χ1n) is 3.63. The van der Waals surface area contributed by atoms with Gasteiger partial charge in [0.25, 0.3) is 0 Å². The average Bonchev–Trinajstić information content (AvgIpc) is 1.88. The molecule has 0 saturated carbocycles. The topological polar surface area (TPSA) is 23.8 Å². The fraction of sp³-hybridized carbons (Fsp3) is 0.333. The van der Waals surface area contributed by atoms with Gasteiger partial charge in [-0.15, -0.1) is 0 Å². The molecule has 0 heterocycles. The molecule has 0 aliphatic carbocycles. The molecule has 1 rings (SSSR count). The lowest BCUT2D eigenvalue weighted by atomic mass is 10.1. The molecular weight excluding hydrogens is 122 g/mol. The third kappa shape index (κ3) is 1.76. The molecular formula is C9H12N. The molecule has 0 unspecified atom stereocenters. The molecule has 1 nitrogen and oxygen atoms in total. The van der Waals surface area contributed by atoms with E-state index in [9.17, 15) is 0 Å². The van der Waals surface area contributed by atoms with Gasteiger partial charge in [0.1, 0.15) is 0 Å². The van der Waals surface area contributed by atoms with E-state index in [1.54, 1.807) is 6.07 Å². The van der Waals surface area contributed by atoms with Crippen LogP contribution in [0.1, 0.15) is 18.9 Å². The second kappa shape index (κ2) is 3.25. The summed E-state index contributed by atoms with van der Waals surface area (Å²) in [6, 6.07) is 7.73. The molecule has 1 heteroatoms. The molecule has 0 saturated heterocycles. The summed E-state index contributed by atoms with van der Waals surface area (Å²) in [4.78, 5) is 0. The quantitative estimate of drug-likeness (QED) is 0.593. The molecule has 1 aromatic carbocycles. The zero-order valence-electron chi connectivity index (χ0n) is 6.22. The lowest BCUT2D eigenvalue weighted by Gasteiger charge is -1.97. The number of benzene rings is 1. The minimum Gasteiger partial charge on any atom is -0.301 e. The third-order valence-electron chi connectivity index (χ3n) is 1.47. The fourth-order valence-electron chi connectivity index (χ4n) is 1.02. The molecule has 1 aromatic rings. The zero-order valence-corrected chi connectivity index (χ0v) is 6.22. The first-order valence-corrected chi connectivity index (χ1v) is 3.63. The number of nitrogens with one attached hydrogen (secondary N) is 1. The number of aryl methyl sites for hydroxylation is 1. The highest BCUT2D eigenvalue weighted by Gasteiger charge is 1.89. The Labute approximate surface area is 61.9 Å². The number of rotatable bonds is 2. The first-order chi connectivity index (χ1) is 4.83. The summed E-state index contributed by atoms with van der Waals surface area (Å²) >= 11 is 0. The SMILES string of the molecule is CCCc1cccc([NH])c1. The minimum absolute atomic E-state index is 0.617. The molecule has 0 aliphatic rings. The Kier molecular flexibility index (Phi) is 2.32. The largest absolute Gasteiger partial charge is 0.301 e. The van der Waals surface area contributed by atoms with E-state index in [1.807, 2.05) is 12.1 Å². The van der Waals surface area contributed by atoms with Gasteiger partial charge in [0.15, 0.2) is 0 Å². The number of hydrogen-bond acceptors (Lipinski definition) is 0. The molecule has 0 aromatic heterocycles. The van der Waals surface area contributed by atoms with Crippen LogP contribution in [0, 0.1) is 0 Å². The maximum Gasteiger partial charge on any atom is 0.0542 e. The molecule has 0 aliphatic heterocycles. The smallest absolute Gasteiger partial charge is 0.0542 e. The zero-order chi connectivity index (χ0) is 7.40. The Hall–Kier alpha value is -0.980. The Morgan fingerprint density at radius 2 is 2.20 bits per heavy atom. The van der Waals surface area contributed by atoms with Gasteiger partial charge in [0, 0.05) is 0 Å². The Bertz CT molecular complexity index is 206. The van der Waals surface area contributed by atoms with Crippen molar-refractivity contribution >= 4 is 5.69 Å². The van der Waals surface area contributed by atoms with Crippen LogP contribution in [0.5, 0.6) is 0 Å². The van der Waals surface area contributed by atoms with Gasteiger partial charge in [-0.25, -0.2) is 0 Å². The van der Waals surface area contributed by atoms with Crippen LogP contribution in [-0.4, -0.2) is 0 Å². The lowest BCUT2D eigenvalue weighted by molar-refractivity contribution is 0.922. The molecule has 0 bridgehead atoms. The van der Waals surface area contributed by atoms with Crippen molar-refractivity contribution in [3.8, 4) is 0 Å². The van der Waals surface area contributed by atoms with E-state index >= 15 is 0 Å². The first kappa shape index (κ1) is 7.13. The third-order valence-corrected chi connectivity index (χ3v) is 1.47. The van der Waals surface area contributed by atoms with Crippen molar-refractivity contribution in [1.29, 1.82) is 0 Å². The summed E-state index contributed by atoms with van der Waals surface area (Å²) < 4.78 is 0. The van der Waals surface area contributed by atoms with Crippen LogP contribution in [0.25, 0.3) is 0 Å². The van der Waals surface area contributed by atoms with Crippen molar-refractivity contribution in [2.24, 2.45) is 0 Å². The predicted octanol–water partition coefficient (Wildman–Crippen LogP) is 2.55. The van der Waals surface area contributed by atoms with E-state index in [4.69, 9.17) is 5.73 Å². The Morgan fingerprint density at radius 3 is 2.80 bits per heavy atom. The molecule has 0 spiro atoms. The maximum atomic E-state index is 7.31. The van der Waals surface area contributed by atoms with E-state index in [0.717, 1.165) is 12.8 Å². The van der Waals surface area contributed by atoms with Gasteiger partial charge in [-0.3, -0.25) is 0 Å². The summed E-state index contributed by atoms with van der Waals surface area (Å²) in [7, 11) is 0. The number of hydrogen-bond donors (Lipinski definition) is 0. The average molecular weight is 134 g/mol. The summed E-state index contributed by atoms with van der Waals surface area (Å²) in [5.41, 5.74) is 9.20. The highest BCUT2D eigenvalue weighted by molar-refractivity contribution is 5.37. The van der Waals surface area contributed by atoms with Crippen LogP contribution in [0.4, 0.5) is 5.69 Å². The second-order valence-electron chi connectivity index (χ2n) is 2.45. The molecule has 0 fully saturated rings. The summed E-state index contributed by atoms with van der Waals surface area (Å²) in [5, 5.41) is 0.